The first-order valence-electron chi connectivity index (χ1n) is 5.13. The van der Waals surface area contributed by atoms with Crippen molar-refractivity contribution in [1.82, 2.24) is 0 Å². The Balaban J connectivity index is 2.93. The first-order chi connectivity index (χ1) is 7.06. The highest BCUT2D eigenvalue weighted by molar-refractivity contribution is 5.92. The molecule has 1 rings (SSSR count). The van der Waals surface area contributed by atoms with Crippen LogP contribution in [0.4, 0.5) is 5.69 Å². The second-order valence-electron chi connectivity index (χ2n) is 3.79. The largest absolute Gasteiger partial charge is 0.330 e. The zero-order chi connectivity index (χ0) is 11.4. The minimum absolute atomic E-state index is 0.0192. The summed E-state index contributed by atoms with van der Waals surface area (Å²) in [6.45, 7) is 6.42. The zero-order valence-corrected chi connectivity index (χ0v) is 9.55. The molecule has 0 unspecified atom stereocenters. The lowest BCUT2D eigenvalue weighted by atomic mass is 10.0. The number of nitrogens with one attached hydrogen (secondary N) is 1. The van der Waals surface area contributed by atoms with Gasteiger partial charge in [0, 0.05) is 18.7 Å². The van der Waals surface area contributed by atoms with Gasteiger partial charge < -0.3 is 11.1 Å². The molecule has 0 radical (unpaired) electrons. The minimum atomic E-state index is -0.0192. The first kappa shape index (κ1) is 11.7. The van der Waals surface area contributed by atoms with Crippen molar-refractivity contribution in [3.05, 3.63) is 28.8 Å². The molecule has 1 amide bonds. The summed E-state index contributed by atoms with van der Waals surface area (Å²) in [6.07, 6.45) is 0.368. The Hall–Kier alpha value is -1.35. The maximum absolute atomic E-state index is 11.4. The Morgan fingerprint density at radius 1 is 1.27 bits per heavy atom. The van der Waals surface area contributed by atoms with Crippen LogP contribution in [0.15, 0.2) is 12.1 Å². The summed E-state index contributed by atoms with van der Waals surface area (Å²) in [5.41, 5.74) is 9.65. The van der Waals surface area contributed by atoms with Gasteiger partial charge in [0.25, 0.3) is 0 Å². The number of carbonyl (C=O) groups excluding carboxylic acids is 1. The van der Waals surface area contributed by atoms with Gasteiger partial charge in [-0.25, -0.2) is 0 Å². The van der Waals surface area contributed by atoms with Gasteiger partial charge in [-0.15, -0.1) is 0 Å². The molecule has 0 fully saturated rings. The quantitative estimate of drug-likeness (QED) is 0.793. The lowest BCUT2D eigenvalue weighted by Crippen LogP contribution is -2.17. The summed E-state index contributed by atoms with van der Waals surface area (Å²) in [6, 6.07) is 4.07. The van der Waals surface area contributed by atoms with Gasteiger partial charge in [0.05, 0.1) is 0 Å². The van der Waals surface area contributed by atoms with Crippen LogP contribution in [0, 0.1) is 20.8 Å². The van der Waals surface area contributed by atoms with Gasteiger partial charge in [-0.1, -0.05) is 12.1 Å². The molecule has 0 aliphatic carbocycles. The van der Waals surface area contributed by atoms with Crippen molar-refractivity contribution in [3.63, 3.8) is 0 Å². The fourth-order valence-electron chi connectivity index (χ4n) is 1.48. The van der Waals surface area contributed by atoms with Crippen LogP contribution in [0.25, 0.3) is 0 Å². The molecule has 0 saturated carbocycles. The van der Waals surface area contributed by atoms with Gasteiger partial charge in [-0.2, -0.15) is 0 Å². The minimum Gasteiger partial charge on any atom is -0.330 e. The number of hydrogen-bond acceptors (Lipinski definition) is 2. The predicted octanol–water partition coefficient (Wildman–Crippen LogP) is 1.90. The van der Waals surface area contributed by atoms with E-state index in [9.17, 15) is 4.79 Å². The predicted molar refractivity (Wildman–Crippen MR) is 63.0 cm³/mol. The molecule has 3 heteroatoms. The first-order valence-corrected chi connectivity index (χ1v) is 5.13. The van der Waals surface area contributed by atoms with E-state index in [1.165, 1.54) is 5.56 Å². The van der Waals surface area contributed by atoms with Gasteiger partial charge in [-0.05, 0) is 37.5 Å². The average Bonchev–Trinajstić information content (AvgIpc) is 2.19. The third-order valence-corrected chi connectivity index (χ3v) is 2.58. The summed E-state index contributed by atoms with van der Waals surface area (Å²) in [7, 11) is 0. The van der Waals surface area contributed by atoms with E-state index < -0.39 is 0 Å². The standard InChI is InChI=1S/C12H18N2O/c1-8-4-5-9(2)12(10(8)3)14-11(15)6-7-13/h4-5H,6-7,13H2,1-3H3,(H,14,15). The Labute approximate surface area is 90.7 Å². The second kappa shape index (κ2) is 4.94. The van der Waals surface area contributed by atoms with E-state index >= 15 is 0 Å². The Morgan fingerprint density at radius 3 is 2.47 bits per heavy atom. The fraction of sp³-hybridized carbons (Fsp3) is 0.417. The van der Waals surface area contributed by atoms with Crippen molar-refractivity contribution >= 4 is 11.6 Å². The van der Waals surface area contributed by atoms with Crippen LogP contribution in [0.2, 0.25) is 0 Å². The van der Waals surface area contributed by atoms with E-state index in [4.69, 9.17) is 5.73 Å². The summed E-state index contributed by atoms with van der Waals surface area (Å²) < 4.78 is 0. The summed E-state index contributed by atoms with van der Waals surface area (Å²) in [5.74, 6) is -0.0192. The molecule has 15 heavy (non-hydrogen) atoms. The van der Waals surface area contributed by atoms with Crippen LogP contribution in [0.1, 0.15) is 23.1 Å². The summed E-state index contributed by atoms with van der Waals surface area (Å²) in [5, 5.41) is 2.90. The van der Waals surface area contributed by atoms with E-state index in [2.05, 4.69) is 11.4 Å². The third-order valence-electron chi connectivity index (χ3n) is 2.58. The number of rotatable bonds is 3. The van der Waals surface area contributed by atoms with Crippen molar-refractivity contribution in [3.8, 4) is 0 Å². The molecule has 0 atom stereocenters. The van der Waals surface area contributed by atoms with Crippen molar-refractivity contribution in [1.29, 1.82) is 0 Å². The highest BCUT2D eigenvalue weighted by atomic mass is 16.1. The van der Waals surface area contributed by atoms with Crippen molar-refractivity contribution in [2.45, 2.75) is 27.2 Å². The van der Waals surface area contributed by atoms with Gasteiger partial charge in [0.2, 0.25) is 5.91 Å². The lowest BCUT2D eigenvalue weighted by Gasteiger charge is -2.13. The van der Waals surface area contributed by atoms with Gasteiger partial charge >= 0.3 is 0 Å². The van der Waals surface area contributed by atoms with Crippen LogP contribution in [0.3, 0.4) is 0 Å². The summed E-state index contributed by atoms with van der Waals surface area (Å²) >= 11 is 0. The Bertz CT molecular complexity index is 372. The molecule has 82 valence electrons. The number of nitrogens with two attached hydrogens (primary N) is 1. The molecule has 0 aliphatic rings. The van der Waals surface area contributed by atoms with Crippen molar-refractivity contribution < 1.29 is 4.79 Å². The summed E-state index contributed by atoms with van der Waals surface area (Å²) in [4.78, 5) is 11.4. The molecule has 1 aromatic rings. The topological polar surface area (TPSA) is 55.1 Å². The average molecular weight is 206 g/mol. The molecule has 3 nitrogen and oxygen atoms in total. The van der Waals surface area contributed by atoms with Crippen LogP contribution >= 0.6 is 0 Å². The molecular weight excluding hydrogens is 188 g/mol. The molecule has 0 saturated heterocycles. The molecule has 0 bridgehead atoms. The number of amides is 1. The van der Waals surface area contributed by atoms with Gasteiger partial charge in [0.15, 0.2) is 0 Å². The van der Waals surface area contributed by atoms with Crippen LogP contribution < -0.4 is 11.1 Å². The van der Waals surface area contributed by atoms with E-state index in [1.807, 2.05) is 26.8 Å². The maximum atomic E-state index is 11.4. The third kappa shape index (κ3) is 2.80. The number of aryl methyl sites for hydroxylation is 2. The normalized spacial score (nSPS) is 10.1. The number of anilines is 1. The Kier molecular flexibility index (Phi) is 3.86. The molecule has 0 aromatic heterocycles. The second-order valence-corrected chi connectivity index (χ2v) is 3.79. The molecule has 3 N–H and O–H groups in total. The van der Waals surface area contributed by atoms with Crippen LogP contribution in [-0.4, -0.2) is 12.5 Å². The maximum Gasteiger partial charge on any atom is 0.225 e. The highest BCUT2D eigenvalue weighted by Gasteiger charge is 2.07. The van der Waals surface area contributed by atoms with Gasteiger partial charge in [0.1, 0.15) is 0 Å². The molecular formula is C12H18N2O. The van der Waals surface area contributed by atoms with Crippen LogP contribution in [-0.2, 0) is 4.79 Å². The van der Waals surface area contributed by atoms with Crippen LogP contribution in [0.5, 0.6) is 0 Å². The monoisotopic (exact) mass is 206 g/mol. The fourth-order valence-corrected chi connectivity index (χ4v) is 1.48. The molecule has 0 heterocycles. The van der Waals surface area contributed by atoms with E-state index in [0.29, 0.717) is 13.0 Å². The Morgan fingerprint density at radius 2 is 1.87 bits per heavy atom. The SMILES string of the molecule is Cc1ccc(C)c(NC(=O)CCN)c1C. The lowest BCUT2D eigenvalue weighted by molar-refractivity contribution is -0.116. The van der Waals surface area contributed by atoms with E-state index in [0.717, 1.165) is 16.8 Å². The van der Waals surface area contributed by atoms with Gasteiger partial charge in [-0.3, -0.25) is 4.79 Å². The van der Waals surface area contributed by atoms with Crippen molar-refractivity contribution in [2.75, 3.05) is 11.9 Å². The van der Waals surface area contributed by atoms with E-state index in [-0.39, 0.29) is 5.91 Å². The molecule has 0 aliphatic heterocycles. The number of hydrogen-bond donors (Lipinski definition) is 2. The van der Waals surface area contributed by atoms with E-state index in [1.54, 1.807) is 0 Å². The number of carbonyl (C=O) groups is 1. The highest BCUT2D eigenvalue weighted by Crippen LogP contribution is 2.23. The zero-order valence-electron chi connectivity index (χ0n) is 9.55. The number of benzene rings is 1. The smallest absolute Gasteiger partial charge is 0.225 e. The molecule has 1 aromatic carbocycles. The van der Waals surface area contributed by atoms with Crippen molar-refractivity contribution in [2.24, 2.45) is 5.73 Å². The molecule has 0 spiro atoms.